The van der Waals surface area contributed by atoms with Gasteiger partial charge < -0.3 is 10.6 Å². The Balaban J connectivity index is 1.92. The second kappa shape index (κ2) is 9.53. The van der Waals surface area contributed by atoms with Gasteiger partial charge in [-0.2, -0.15) is 0 Å². The Hall–Kier alpha value is -1.52. The first-order chi connectivity index (χ1) is 13.3. The molecule has 0 radical (unpaired) electrons. The highest BCUT2D eigenvalue weighted by atomic mass is 127. The van der Waals surface area contributed by atoms with E-state index in [9.17, 15) is 13.2 Å². The van der Waals surface area contributed by atoms with Gasteiger partial charge in [0.1, 0.15) is 0 Å². The van der Waals surface area contributed by atoms with Crippen LogP contribution in [0.2, 0.25) is 5.02 Å². The van der Waals surface area contributed by atoms with Crippen molar-refractivity contribution in [3.63, 3.8) is 0 Å². The molecule has 29 heavy (non-hydrogen) atoms. The number of urea groups is 1. The van der Waals surface area contributed by atoms with Gasteiger partial charge in [0.05, 0.1) is 22.7 Å². The number of rotatable bonds is 6. The monoisotopic (exact) mass is 549 g/mol. The average Bonchev–Trinajstić information content (AvgIpc) is 2.58. The molecular formula is C20H25ClIN3O3S. The van der Waals surface area contributed by atoms with Crippen molar-refractivity contribution in [3.8, 4) is 0 Å². The van der Waals surface area contributed by atoms with E-state index in [1.807, 2.05) is 22.6 Å². The molecule has 2 rings (SSSR count). The van der Waals surface area contributed by atoms with Gasteiger partial charge in [-0.3, -0.25) is 4.72 Å². The van der Waals surface area contributed by atoms with Crippen molar-refractivity contribution >= 4 is 61.6 Å². The molecule has 3 N–H and O–H groups in total. The van der Waals surface area contributed by atoms with Crippen molar-refractivity contribution in [2.75, 3.05) is 22.8 Å². The molecule has 2 aromatic rings. The number of sulfonamides is 1. The lowest BCUT2D eigenvalue weighted by atomic mass is 9.86. The van der Waals surface area contributed by atoms with Gasteiger partial charge in [0.15, 0.2) is 0 Å². The molecule has 9 heteroatoms. The van der Waals surface area contributed by atoms with Crippen LogP contribution in [0.3, 0.4) is 0 Å². The zero-order valence-electron chi connectivity index (χ0n) is 16.8. The van der Waals surface area contributed by atoms with Crippen molar-refractivity contribution in [2.24, 2.45) is 0 Å². The fraction of sp³-hybridized carbons (Fsp3) is 0.350. The molecule has 6 nitrogen and oxygen atoms in total. The lowest BCUT2D eigenvalue weighted by molar-refractivity contribution is 0.252. The molecule has 0 spiro atoms. The Morgan fingerprint density at radius 2 is 1.72 bits per heavy atom. The van der Waals surface area contributed by atoms with E-state index in [1.165, 1.54) is 11.6 Å². The van der Waals surface area contributed by atoms with E-state index < -0.39 is 10.0 Å². The molecule has 0 saturated heterocycles. The predicted octanol–water partition coefficient (Wildman–Crippen LogP) is 4.98. The standard InChI is InChI=1S/C20H25ClIN3O3S/c1-20(2,3)14-7-5-13(6-8-14)9-10-23-19(26)24-17-12-16(22)18(11-15(17)21)25-29(4,27)28/h5-8,11-12,25H,9-10H2,1-4H3,(H2,23,24,26). The van der Waals surface area contributed by atoms with Crippen LogP contribution in [0.25, 0.3) is 0 Å². The molecule has 0 aliphatic carbocycles. The summed E-state index contributed by atoms with van der Waals surface area (Å²) in [6, 6.07) is 11.1. The Labute approximate surface area is 191 Å². The number of anilines is 2. The molecule has 0 aliphatic heterocycles. The fourth-order valence-electron chi connectivity index (χ4n) is 2.58. The smallest absolute Gasteiger partial charge is 0.319 e. The summed E-state index contributed by atoms with van der Waals surface area (Å²) < 4.78 is 25.8. The Morgan fingerprint density at radius 3 is 2.28 bits per heavy atom. The Bertz CT molecular complexity index is 987. The molecule has 158 valence electrons. The van der Waals surface area contributed by atoms with Crippen LogP contribution < -0.4 is 15.4 Å². The maximum Gasteiger partial charge on any atom is 0.319 e. The number of carbonyl (C=O) groups is 1. The second-order valence-electron chi connectivity index (χ2n) is 7.76. The highest BCUT2D eigenvalue weighted by molar-refractivity contribution is 14.1. The quantitative estimate of drug-likeness (QED) is 0.444. The van der Waals surface area contributed by atoms with Crippen molar-refractivity contribution < 1.29 is 13.2 Å². The zero-order chi connectivity index (χ0) is 21.8. The maximum atomic E-state index is 12.2. The third-order valence-electron chi connectivity index (χ3n) is 4.12. The number of halogens is 2. The van der Waals surface area contributed by atoms with Crippen molar-refractivity contribution in [1.29, 1.82) is 0 Å². The van der Waals surface area contributed by atoms with Crippen LogP contribution in [0.5, 0.6) is 0 Å². The highest BCUT2D eigenvalue weighted by Gasteiger charge is 2.14. The summed E-state index contributed by atoms with van der Waals surface area (Å²) in [7, 11) is -3.41. The number of carbonyl (C=O) groups excluding carboxylic acids is 1. The van der Waals surface area contributed by atoms with Crippen molar-refractivity contribution in [1.82, 2.24) is 5.32 Å². The van der Waals surface area contributed by atoms with Crippen molar-refractivity contribution in [2.45, 2.75) is 32.6 Å². The van der Waals surface area contributed by atoms with E-state index in [1.54, 1.807) is 6.07 Å². The van der Waals surface area contributed by atoms with Gasteiger partial charge in [-0.05, 0) is 57.7 Å². The Morgan fingerprint density at radius 1 is 1.10 bits per heavy atom. The van der Waals surface area contributed by atoms with Crippen LogP contribution in [-0.2, 0) is 21.9 Å². The van der Waals surface area contributed by atoms with Crippen LogP contribution >= 0.6 is 34.2 Å². The van der Waals surface area contributed by atoms with Gasteiger partial charge in [0.2, 0.25) is 10.0 Å². The van der Waals surface area contributed by atoms with Gasteiger partial charge >= 0.3 is 6.03 Å². The summed E-state index contributed by atoms with van der Waals surface area (Å²) in [6.07, 6.45) is 1.77. The van der Waals surface area contributed by atoms with E-state index in [4.69, 9.17) is 11.6 Å². The van der Waals surface area contributed by atoms with Crippen LogP contribution in [0.1, 0.15) is 31.9 Å². The van der Waals surface area contributed by atoms with Crippen LogP contribution in [0.15, 0.2) is 36.4 Å². The van der Waals surface area contributed by atoms with Gasteiger partial charge in [-0.25, -0.2) is 13.2 Å². The molecule has 0 bridgehead atoms. The van der Waals surface area contributed by atoms with E-state index in [2.05, 4.69) is 60.4 Å². The van der Waals surface area contributed by atoms with Crippen LogP contribution in [0, 0.1) is 3.57 Å². The third-order valence-corrected chi connectivity index (χ3v) is 5.92. The lowest BCUT2D eigenvalue weighted by Crippen LogP contribution is -2.30. The SMILES string of the molecule is CC(C)(C)c1ccc(CCNC(=O)Nc2cc(I)c(NS(C)(=O)=O)cc2Cl)cc1. The molecule has 0 heterocycles. The number of hydrogen-bond donors (Lipinski definition) is 3. The van der Waals surface area contributed by atoms with Gasteiger partial charge in [0, 0.05) is 10.1 Å². The van der Waals surface area contributed by atoms with Crippen molar-refractivity contribution in [3.05, 3.63) is 56.1 Å². The number of amides is 2. The van der Waals surface area contributed by atoms with E-state index in [-0.39, 0.29) is 16.5 Å². The topological polar surface area (TPSA) is 87.3 Å². The fourth-order valence-corrected chi connectivity index (χ4v) is 4.14. The molecule has 0 unspecified atom stereocenters. The Kier molecular flexibility index (Phi) is 7.80. The summed E-state index contributed by atoms with van der Waals surface area (Å²) in [4.78, 5) is 12.2. The van der Waals surface area contributed by atoms with Gasteiger partial charge in [-0.15, -0.1) is 0 Å². The number of nitrogens with one attached hydrogen (secondary N) is 3. The molecule has 0 aliphatic rings. The minimum Gasteiger partial charge on any atom is -0.338 e. The van der Waals surface area contributed by atoms with Gasteiger partial charge in [-0.1, -0.05) is 56.6 Å². The molecule has 0 saturated carbocycles. The first-order valence-corrected chi connectivity index (χ1v) is 12.3. The number of hydrogen-bond acceptors (Lipinski definition) is 3. The zero-order valence-corrected chi connectivity index (χ0v) is 20.5. The molecule has 0 atom stereocenters. The molecule has 0 aromatic heterocycles. The van der Waals surface area contributed by atoms with E-state index in [0.29, 0.717) is 27.9 Å². The summed E-state index contributed by atoms with van der Waals surface area (Å²) >= 11 is 8.15. The summed E-state index contributed by atoms with van der Waals surface area (Å²) in [5.74, 6) is 0. The van der Waals surface area contributed by atoms with Crippen LogP contribution in [-0.4, -0.2) is 27.2 Å². The normalized spacial score (nSPS) is 11.8. The average molecular weight is 550 g/mol. The van der Waals surface area contributed by atoms with E-state index in [0.717, 1.165) is 11.8 Å². The first kappa shape index (κ1) is 23.8. The third kappa shape index (κ3) is 7.67. The summed E-state index contributed by atoms with van der Waals surface area (Å²) in [6.45, 7) is 6.99. The summed E-state index contributed by atoms with van der Waals surface area (Å²) in [5, 5.41) is 5.73. The molecule has 2 amide bonds. The minimum atomic E-state index is -3.41. The molecular weight excluding hydrogens is 525 g/mol. The van der Waals surface area contributed by atoms with Gasteiger partial charge in [0.25, 0.3) is 0 Å². The largest absolute Gasteiger partial charge is 0.338 e. The first-order valence-electron chi connectivity index (χ1n) is 8.96. The highest BCUT2D eigenvalue weighted by Crippen LogP contribution is 2.31. The maximum absolute atomic E-state index is 12.2. The van der Waals surface area contributed by atoms with E-state index >= 15 is 0 Å². The molecule has 0 fully saturated rings. The second-order valence-corrected chi connectivity index (χ2v) is 11.1. The molecule has 2 aromatic carbocycles. The minimum absolute atomic E-state index is 0.111. The summed E-state index contributed by atoms with van der Waals surface area (Å²) in [5.41, 5.74) is 3.29. The number of benzene rings is 2. The van der Waals surface area contributed by atoms with Crippen LogP contribution in [0.4, 0.5) is 16.2 Å². The predicted molar refractivity (Wildman–Crippen MR) is 129 cm³/mol. The lowest BCUT2D eigenvalue weighted by Gasteiger charge is -2.19.